The van der Waals surface area contributed by atoms with Gasteiger partial charge < -0.3 is 10.1 Å². The monoisotopic (exact) mass is 225 g/mol. The van der Waals surface area contributed by atoms with E-state index in [-0.39, 0.29) is 23.9 Å². The van der Waals surface area contributed by atoms with Gasteiger partial charge in [0.05, 0.1) is 0 Å². The Morgan fingerprint density at radius 1 is 1.44 bits per heavy atom. The summed E-state index contributed by atoms with van der Waals surface area (Å²) < 4.78 is 5.04. The molecule has 1 aliphatic heterocycles. The van der Waals surface area contributed by atoms with Crippen molar-refractivity contribution in [3.8, 4) is 0 Å². The minimum absolute atomic E-state index is 0.0339. The van der Waals surface area contributed by atoms with Crippen LogP contribution in [0.25, 0.3) is 0 Å². The molecule has 90 valence electrons. The smallest absolute Gasteiger partial charge is 0.329 e. The molecule has 1 aliphatic rings. The van der Waals surface area contributed by atoms with Crippen LogP contribution in [0.5, 0.6) is 0 Å². The molecule has 0 unspecified atom stereocenters. The molecule has 4 heteroatoms. The number of nitrogens with one attached hydrogen (secondary N) is 1. The first-order chi connectivity index (χ1) is 7.56. The fourth-order valence-corrected chi connectivity index (χ4v) is 1.63. The van der Waals surface area contributed by atoms with E-state index in [0.29, 0.717) is 6.42 Å². The van der Waals surface area contributed by atoms with Crippen LogP contribution in [0.3, 0.4) is 0 Å². The molecule has 0 aliphatic carbocycles. The summed E-state index contributed by atoms with van der Waals surface area (Å²) in [5.41, 5.74) is 0. The van der Waals surface area contributed by atoms with Gasteiger partial charge in [-0.05, 0) is 13.3 Å². The zero-order valence-electron chi connectivity index (χ0n) is 10.0. The SMILES string of the molecule is CC/C=C/CC(=O)N[C@H]1C(=O)O[C@@H](C)[C@@H]1C. The first-order valence-corrected chi connectivity index (χ1v) is 5.71. The van der Waals surface area contributed by atoms with Crippen LogP contribution in [0.1, 0.15) is 33.6 Å². The number of hydrogen-bond acceptors (Lipinski definition) is 3. The summed E-state index contributed by atoms with van der Waals surface area (Å²) in [6.45, 7) is 5.75. The van der Waals surface area contributed by atoms with Crippen LogP contribution in [-0.4, -0.2) is 24.0 Å². The maximum atomic E-state index is 11.5. The molecule has 1 saturated heterocycles. The van der Waals surface area contributed by atoms with E-state index < -0.39 is 6.04 Å². The summed E-state index contributed by atoms with van der Waals surface area (Å²) >= 11 is 0. The van der Waals surface area contributed by atoms with Crippen molar-refractivity contribution in [2.24, 2.45) is 5.92 Å². The van der Waals surface area contributed by atoms with E-state index in [1.54, 1.807) is 0 Å². The number of allylic oxidation sites excluding steroid dienone is 1. The van der Waals surface area contributed by atoms with Gasteiger partial charge in [-0.1, -0.05) is 26.0 Å². The third-order valence-corrected chi connectivity index (χ3v) is 2.84. The highest BCUT2D eigenvalue weighted by Gasteiger charge is 2.39. The highest BCUT2D eigenvalue weighted by molar-refractivity contribution is 5.86. The molecule has 1 N–H and O–H groups in total. The largest absolute Gasteiger partial charge is 0.461 e. The molecule has 4 nitrogen and oxygen atoms in total. The van der Waals surface area contributed by atoms with Crippen LogP contribution in [0.15, 0.2) is 12.2 Å². The maximum Gasteiger partial charge on any atom is 0.329 e. The van der Waals surface area contributed by atoms with Gasteiger partial charge in [-0.2, -0.15) is 0 Å². The molecule has 0 aromatic heterocycles. The van der Waals surface area contributed by atoms with Crippen LogP contribution in [0, 0.1) is 5.92 Å². The molecule has 1 rings (SSSR count). The van der Waals surface area contributed by atoms with Gasteiger partial charge >= 0.3 is 5.97 Å². The van der Waals surface area contributed by atoms with Crippen molar-refractivity contribution in [2.45, 2.75) is 45.8 Å². The quantitative estimate of drug-likeness (QED) is 0.581. The number of cyclic esters (lactones) is 1. The van der Waals surface area contributed by atoms with Gasteiger partial charge in [-0.15, -0.1) is 0 Å². The van der Waals surface area contributed by atoms with Gasteiger partial charge in [0.1, 0.15) is 12.1 Å². The third-order valence-electron chi connectivity index (χ3n) is 2.84. The van der Waals surface area contributed by atoms with Crippen LogP contribution in [0.4, 0.5) is 0 Å². The highest BCUT2D eigenvalue weighted by atomic mass is 16.6. The fourth-order valence-electron chi connectivity index (χ4n) is 1.63. The second kappa shape index (κ2) is 5.68. The standard InChI is InChI=1S/C12H19NO3/c1-4-5-6-7-10(14)13-11-8(2)9(3)16-12(11)15/h5-6,8-9,11H,4,7H2,1-3H3,(H,13,14)/b6-5+/t8-,9-,11+/m0/s1. The Morgan fingerprint density at radius 2 is 2.12 bits per heavy atom. The van der Waals surface area contributed by atoms with E-state index in [0.717, 1.165) is 6.42 Å². The van der Waals surface area contributed by atoms with Crippen LogP contribution < -0.4 is 5.32 Å². The summed E-state index contributed by atoms with van der Waals surface area (Å²) in [4.78, 5) is 22.9. The Balaban J connectivity index is 2.44. The number of carbonyl (C=O) groups excluding carboxylic acids is 2. The van der Waals surface area contributed by atoms with E-state index in [2.05, 4.69) is 5.32 Å². The van der Waals surface area contributed by atoms with Crippen molar-refractivity contribution < 1.29 is 14.3 Å². The predicted octanol–water partition coefficient (Wildman–Crippen LogP) is 1.41. The molecule has 3 atom stereocenters. The van der Waals surface area contributed by atoms with Gasteiger partial charge in [0.15, 0.2) is 0 Å². The minimum Gasteiger partial charge on any atom is -0.461 e. The fraction of sp³-hybridized carbons (Fsp3) is 0.667. The van der Waals surface area contributed by atoms with Crippen LogP contribution in [0.2, 0.25) is 0 Å². The van der Waals surface area contributed by atoms with Gasteiger partial charge in [0.2, 0.25) is 5.91 Å². The first-order valence-electron chi connectivity index (χ1n) is 5.71. The number of ether oxygens (including phenoxy) is 1. The minimum atomic E-state index is -0.488. The molecular formula is C12H19NO3. The summed E-state index contributed by atoms with van der Waals surface area (Å²) in [6, 6.07) is -0.488. The van der Waals surface area contributed by atoms with Crippen molar-refractivity contribution in [1.82, 2.24) is 5.32 Å². The number of amides is 1. The lowest BCUT2D eigenvalue weighted by Gasteiger charge is -2.13. The molecule has 1 heterocycles. The van der Waals surface area contributed by atoms with Gasteiger partial charge in [0, 0.05) is 12.3 Å². The Bertz CT molecular complexity index is 299. The van der Waals surface area contributed by atoms with Crippen molar-refractivity contribution in [3.63, 3.8) is 0 Å². The molecule has 0 radical (unpaired) electrons. The Hall–Kier alpha value is -1.32. The van der Waals surface area contributed by atoms with Gasteiger partial charge in [0.25, 0.3) is 0 Å². The molecule has 0 aromatic rings. The zero-order chi connectivity index (χ0) is 12.1. The van der Waals surface area contributed by atoms with Crippen molar-refractivity contribution in [3.05, 3.63) is 12.2 Å². The molecule has 1 fully saturated rings. The summed E-state index contributed by atoms with van der Waals surface area (Å²) in [7, 11) is 0. The van der Waals surface area contributed by atoms with Crippen molar-refractivity contribution in [2.75, 3.05) is 0 Å². The zero-order valence-corrected chi connectivity index (χ0v) is 10.0. The lowest BCUT2D eigenvalue weighted by Crippen LogP contribution is -2.41. The van der Waals surface area contributed by atoms with Gasteiger partial charge in [-0.25, -0.2) is 4.79 Å². The normalized spacial score (nSPS) is 29.4. The topological polar surface area (TPSA) is 55.4 Å². The van der Waals surface area contributed by atoms with Crippen LogP contribution >= 0.6 is 0 Å². The Labute approximate surface area is 96.0 Å². The van der Waals surface area contributed by atoms with E-state index in [4.69, 9.17) is 4.74 Å². The average Bonchev–Trinajstić information content (AvgIpc) is 2.46. The van der Waals surface area contributed by atoms with E-state index >= 15 is 0 Å². The summed E-state index contributed by atoms with van der Waals surface area (Å²) in [6.07, 6.45) is 4.84. The average molecular weight is 225 g/mol. The van der Waals surface area contributed by atoms with E-state index in [9.17, 15) is 9.59 Å². The lowest BCUT2D eigenvalue weighted by atomic mass is 10.00. The van der Waals surface area contributed by atoms with Crippen LogP contribution in [-0.2, 0) is 14.3 Å². The number of hydrogen-bond donors (Lipinski definition) is 1. The Morgan fingerprint density at radius 3 is 2.62 bits per heavy atom. The predicted molar refractivity (Wildman–Crippen MR) is 60.7 cm³/mol. The van der Waals surface area contributed by atoms with E-state index in [1.807, 2.05) is 32.9 Å². The van der Waals surface area contributed by atoms with Crippen molar-refractivity contribution >= 4 is 11.9 Å². The molecule has 0 bridgehead atoms. The third kappa shape index (κ3) is 3.08. The molecule has 0 saturated carbocycles. The Kier molecular flexibility index (Phi) is 4.52. The molecular weight excluding hydrogens is 206 g/mol. The van der Waals surface area contributed by atoms with E-state index in [1.165, 1.54) is 0 Å². The molecule has 16 heavy (non-hydrogen) atoms. The highest BCUT2D eigenvalue weighted by Crippen LogP contribution is 2.21. The summed E-state index contributed by atoms with van der Waals surface area (Å²) in [5.74, 6) is -0.424. The second-order valence-corrected chi connectivity index (χ2v) is 4.13. The molecule has 0 aromatic carbocycles. The second-order valence-electron chi connectivity index (χ2n) is 4.13. The number of esters is 1. The molecule has 0 spiro atoms. The maximum absolute atomic E-state index is 11.5. The summed E-state index contributed by atoms with van der Waals surface area (Å²) in [5, 5.41) is 2.70. The van der Waals surface area contributed by atoms with Gasteiger partial charge in [-0.3, -0.25) is 4.79 Å². The van der Waals surface area contributed by atoms with Crippen molar-refractivity contribution in [1.29, 1.82) is 0 Å². The number of carbonyl (C=O) groups is 2. The first kappa shape index (κ1) is 12.7. The molecule has 1 amide bonds. The number of rotatable bonds is 4. The lowest BCUT2D eigenvalue weighted by molar-refractivity contribution is -0.143.